The number of halogens is 1. The highest BCUT2D eigenvalue weighted by Crippen LogP contribution is 2.22. The van der Waals surface area contributed by atoms with Crippen molar-refractivity contribution in [2.24, 2.45) is 0 Å². The highest BCUT2D eigenvalue weighted by Gasteiger charge is 2.16. The van der Waals surface area contributed by atoms with E-state index in [0.717, 1.165) is 5.56 Å². The second-order valence-electron chi connectivity index (χ2n) is 6.41. The number of carbonyl (C=O) groups is 1. The lowest BCUT2D eigenvalue weighted by molar-refractivity contribution is 0.102. The van der Waals surface area contributed by atoms with E-state index >= 15 is 0 Å². The average molecular weight is 398 g/mol. The van der Waals surface area contributed by atoms with E-state index in [-0.39, 0.29) is 10.5 Å². The molecule has 0 bridgehead atoms. The molecule has 5 nitrogen and oxygen atoms in total. The molecule has 3 aromatic carbocycles. The van der Waals surface area contributed by atoms with E-state index in [0.29, 0.717) is 16.9 Å². The summed E-state index contributed by atoms with van der Waals surface area (Å²) in [5.74, 6) is -0.830. The summed E-state index contributed by atoms with van der Waals surface area (Å²) >= 11 is 0. The number of sulfonamides is 1. The van der Waals surface area contributed by atoms with E-state index < -0.39 is 21.7 Å². The van der Waals surface area contributed by atoms with E-state index in [1.54, 1.807) is 31.2 Å². The van der Waals surface area contributed by atoms with Crippen molar-refractivity contribution < 1.29 is 17.6 Å². The third-order valence-electron chi connectivity index (χ3n) is 4.18. The monoisotopic (exact) mass is 398 g/mol. The summed E-state index contributed by atoms with van der Waals surface area (Å²) in [6.45, 7) is 3.62. The number of hydrogen-bond donors (Lipinski definition) is 2. The second kappa shape index (κ2) is 7.82. The molecule has 144 valence electrons. The second-order valence-corrected chi connectivity index (χ2v) is 8.09. The zero-order valence-electron chi connectivity index (χ0n) is 15.4. The predicted molar refractivity (Wildman–Crippen MR) is 108 cm³/mol. The molecule has 0 fully saturated rings. The summed E-state index contributed by atoms with van der Waals surface area (Å²) in [4.78, 5) is 12.6. The Morgan fingerprint density at radius 3 is 2.18 bits per heavy atom. The van der Waals surface area contributed by atoms with Crippen LogP contribution in [0.4, 0.5) is 15.8 Å². The number of carbonyl (C=O) groups excluding carboxylic acids is 1. The van der Waals surface area contributed by atoms with E-state index in [2.05, 4.69) is 10.0 Å². The van der Waals surface area contributed by atoms with Crippen LogP contribution in [0.3, 0.4) is 0 Å². The molecule has 0 atom stereocenters. The molecule has 0 aliphatic heterocycles. The smallest absolute Gasteiger partial charge is 0.261 e. The highest BCUT2D eigenvalue weighted by molar-refractivity contribution is 7.92. The maximum absolute atomic E-state index is 13.0. The molecule has 0 aliphatic carbocycles. The quantitative estimate of drug-likeness (QED) is 0.665. The lowest BCUT2D eigenvalue weighted by atomic mass is 10.1. The Balaban J connectivity index is 1.83. The predicted octanol–water partition coefficient (Wildman–Crippen LogP) is 4.50. The first kappa shape index (κ1) is 19.6. The third kappa shape index (κ3) is 4.55. The van der Waals surface area contributed by atoms with Crippen LogP contribution in [0, 0.1) is 19.7 Å². The number of aryl methyl sites for hydroxylation is 2. The molecule has 28 heavy (non-hydrogen) atoms. The molecule has 0 saturated heterocycles. The lowest BCUT2D eigenvalue weighted by Crippen LogP contribution is -2.16. The van der Waals surface area contributed by atoms with Crippen molar-refractivity contribution in [1.82, 2.24) is 0 Å². The fraction of sp³-hybridized carbons (Fsp3) is 0.0952. The van der Waals surface area contributed by atoms with Crippen molar-refractivity contribution in [3.63, 3.8) is 0 Å². The molecule has 1 amide bonds. The Kier molecular flexibility index (Phi) is 5.46. The van der Waals surface area contributed by atoms with Gasteiger partial charge in [-0.1, -0.05) is 23.8 Å². The Morgan fingerprint density at radius 1 is 0.893 bits per heavy atom. The van der Waals surface area contributed by atoms with Gasteiger partial charge in [-0.25, -0.2) is 12.8 Å². The first-order valence-electron chi connectivity index (χ1n) is 8.52. The number of anilines is 2. The van der Waals surface area contributed by atoms with Crippen LogP contribution in [-0.2, 0) is 10.0 Å². The zero-order valence-corrected chi connectivity index (χ0v) is 16.2. The minimum absolute atomic E-state index is 0.138. The van der Waals surface area contributed by atoms with Gasteiger partial charge in [-0.2, -0.15) is 0 Å². The summed E-state index contributed by atoms with van der Waals surface area (Å²) in [5.41, 5.74) is 2.65. The van der Waals surface area contributed by atoms with Crippen LogP contribution in [0.2, 0.25) is 0 Å². The maximum atomic E-state index is 13.0. The van der Waals surface area contributed by atoms with Crippen LogP contribution in [0.25, 0.3) is 0 Å². The van der Waals surface area contributed by atoms with Crippen LogP contribution >= 0.6 is 0 Å². The fourth-order valence-electron chi connectivity index (χ4n) is 2.53. The van der Waals surface area contributed by atoms with Crippen LogP contribution in [0.1, 0.15) is 21.5 Å². The van der Waals surface area contributed by atoms with Gasteiger partial charge >= 0.3 is 0 Å². The van der Waals surface area contributed by atoms with Gasteiger partial charge in [-0.05, 0) is 67.9 Å². The summed E-state index contributed by atoms with van der Waals surface area (Å²) in [7, 11) is -3.78. The van der Waals surface area contributed by atoms with Crippen LogP contribution < -0.4 is 10.0 Å². The standard InChI is InChI=1S/C21H19FN2O3S/c1-14-3-11-19(12-4-14)28(26,27)24-20-13-16(6-5-15(20)2)21(25)23-18-9-7-17(22)8-10-18/h3-13,24H,1-2H3,(H,23,25). The SMILES string of the molecule is Cc1ccc(S(=O)(=O)Nc2cc(C(=O)Nc3ccc(F)cc3)ccc2C)cc1. The van der Waals surface area contributed by atoms with Gasteiger partial charge < -0.3 is 5.32 Å². The molecule has 0 aromatic heterocycles. The van der Waals surface area contributed by atoms with Gasteiger partial charge in [-0.15, -0.1) is 0 Å². The molecule has 0 aliphatic rings. The van der Waals surface area contributed by atoms with Gasteiger partial charge in [0.2, 0.25) is 0 Å². The molecule has 3 rings (SSSR count). The van der Waals surface area contributed by atoms with Gasteiger partial charge in [0.1, 0.15) is 5.82 Å². The number of amides is 1. The molecule has 0 radical (unpaired) electrons. The number of rotatable bonds is 5. The van der Waals surface area contributed by atoms with Gasteiger partial charge in [0.25, 0.3) is 15.9 Å². The molecule has 0 heterocycles. The number of hydrogen-bond acceptors (Lipinski definition) is 3. The zero-order chi connectivity index (χ0) is 20.3. The average Bonchev–Trinajstić information content (AvgIpc) is 2.65. The number of nitrogens with one attached hydrogen (secondary N) is 2. The summed E-state index contributed by atoms with van der Waals surface area (Å²) < 4.78 is 40.8. The maximum Gasteiger partial charge on any atom is 0.261 e. The van der Waals surface area contributed by atoms with Gasteiger partial charge in [0.05, 0.1) is 10.6 Å². The van der Waals surface area contributed by atoms with Crippen molar-refractivity contribution in [3.8, 4) is 0 Å². The van der Waals surface area contributed by atoms with Crippen molar-refractivity contribution in [1.29, 1.82) is 0 Å². The minimum atomic E-state index is -3.78. The molecular weight excluding hydrogens is 379 g/mol. The summed E-state index contributed by atoms with van der Waals surface area (Å²) in [6, 6.07) is 16.6. The first-order valence-corrected chi connectivity index (χ1v) is 10.00. The molecule has 0 unspecified atom stereocenters. The van der Waals surface area contributed by atoms with E-state index in [1.165, 1.54) is 42.5 Å². The Bertz CT molecular complexity index is 1110. The van der Waals surface area contributed by atoms with Crippen LogP contribution in [-0.4, -0.2) is 14.3 Å². The Labute approximate surface area is 163 Å². The lowest BCUT2D eigenvalue weighted by Gasteiger charge is -2.13. The third-order valence-corrected chi connectivity index (χ3v) is 5.56. The van der Waals surface area contributed by atoms with Gasteiger partial charge in [-0.3, -0.25) is 9.52 Å². The van der Waals surface area contributed by atoms with Crippen LogP contribution in [0.5, 0.6) is 0 Å². The molecular formula is C21H19FN2O3S. The Hall–Kier alpha value is -3.19. The molecule has 0 spiro atoms. The largest absolute Gasteiger partial charge is 0.322 e. The van der Waals surface area contributed by atoms with Gasteiger partial charge in [0.15, 0.2) is 0 Å². The van der Waals surface area contributed by atoms with E-state index in [1.807, 2.05) is 6.92 Å². The minimum Gasteiger partial charge on any atom is -0.322 e. The van der Waals surface area contributed by atoms with Crippen molar-refractivity contribution >= 4 is 27.3 Å². The topological polar surface area (TPSA) is 75.3 Å². The summed E-state index contributed by atoms with van der Waals surface area (Å²) in [5, 5.41) is 2.65. The van der Waals surface area contributed by atoms with E-state index in [4.69, 9.17) is 0 Å². The molecule has 0 saturated carbocycles. The highest BCUT2D eigenvalue weighted by atomic mass is 32.2. The fourth-order valence-corrected chi connectivity index (χ4v) is 3.65. The normalized spacial score (nSPS) is 11.1. The first-order chi connectivity index (χ1) is 13.2. The number of benzene rings is 3. The Morgan fingerprint density at radius 2 is 1.54 bits per heavy atom. The van der Waals surface area contributed by atoms with E-state index in [9.17, 15) is 17.6 Å². The summed E-state index contributed by atoms with van der Waals surface area (Å²) in [6.07, 6.45) is 0. The van der Waals surface area contributed by atoms with Gasteiger partial charge in [0, 0.05) is 11.3 Å². The molecule has 2 N–H and O–H groups in total. The van der Waals surface area contributed by atoms with Crippen molar-refractivity contribution in [2.75, 3.05) is 10.0 Å². The van der Waals surface area contributed by atoms with Crippen molar-refractivity contribution in [2.45, 2.75) is 18.7 Å². The van der Waals surface area contributed by atoms with Crippen molar-refractivity contribution in [3.05, 3.63) is 89.2 Å². The molecule has 7 heteroatoms. The van der Waals surface area contributed by atoms with Crippen LogP contribution in [0.15, 0.2) is 71.6 Å². The molecule has 3 aromatic rings.